The fourth-order valence-electron chi connectivity index (χ4n) is 1.24. The number of nitrogens with one attached hydrogen (secondary N) is 1. The third-order valence-electron chi connectivity index (χ3n) is 2.07. The number of ether oxygens (including phenoxy) is 1. The van der Waals surface area contributed by atoms with Gasteiger partial charge in [-0.05, 0) is 36.0 Å². The van der Waals surface area contributed by atoms with Gasteiger partial charge in [-0.25, -0.2) is 0 Å². The van der Waals surface area contributed by atoms with E-state index in [1.807, 2.05) is 0 Å². The molecule has 0 atom stereocenters. The second-order valence-electron chi connectivity index (χ2n) is 3.18. The molecule has 2 aromatic rings. The topological polar surface area (TPSA) is 75.4 Å². The maximum atomic E-state index is 9.57. The number of methoxy groups -OCH3 is 1. The van der Waals surface area contributed by atoms with Crippen LogP contribution in [0.15, 0.2) is 29.6 Å². The molecule has 2 N–H and O–H groups in total. The third kappa shape index (κ3) is 2.51. The van der Waals surface area contributed by atoms with Gasteiger partial charge in [0.15, 0.2) is 11.5 Å². The SMILES string of the molecule is COc1ccc(/C=N/n2cn[nH]c2=S)cc1O. The number of hydrogen-bond donors (Lipinski definition) is 2. The lowest BCUT2D eigenvalue weighted by Crippen LogP contribution is -1.90. The molecule has 1 aromatic heterocycles. The molecule has 0 aliphatic heterocycles. The van der Waals surface area contributed by atoms with E-state index in [-0.39, 0.29) is 5.75 Å². The van der Waals surface area contributed by atoms with E-state index in [0.29, 0.717) is 10.5 Å². The van der Waals surface area contributed by atoms with Gasteiger partial charge in [0.1, 0.15) is 6.33 Å². The van der Waals surface area contributed by atoms with Gasteiger partial charge >= 0.3 is 0 Å². The van der Waals surface area contributed by atoms with Crippen LogP contribution in [0.3, 0.4) is 0 Å². The molecular weight excluding hydrogens is 240 g/mol. The van der Waals surface area contributed by atoms with Crippen LogP contribution in [0.1, 0.15) is 5.56 Å². The Kier molecular flexibility index (Phi) is 3.20. The van der Waals surface area contributed by atoms with Crippen LogP contribution in [-0.2, 0) is 0 Å². The number of aromatic amines is 1. The van der Waals surface area contributed by atoms with Crippen molar-refractivity contribution in [2.75, 3.05) is 7.11 Å². The van der Waals surface area contributed by atoms with Crippen LogP contribution in [0.2, 0.25) is 0 Å². The Bertz CT molecular complexity index is 602. The number of phenols is 1. The lowest BCUT2D eigenvalue weighted by Gasteiger charge is -2.02. The van der Waals surface area contributed by atoms with Crippen molar-refractivity contribution in [2.45, 2.75) is 0 Å². The summed E-state index contributed by atoms with van der Waals surface area (Å²) >= 11 is 4.93. The second kappa shape index (κ2) is 4.79. The zero-order chi connectivity index (χ0) is 12.3. The van der Waals surface area contributed by atoms with E-state index in [1.165, 1.54) is 18.1 Å². The molecule has 17 heavy (non-hydrogen) atoms. The van der Waals surface area contributed by atoms with Crippen molar-refractivity contribution >= 4 is 18.4 Å². The molecule has 6 nitrogen and oxygen atoms in total. The van der Waals surface area contributed by atoms with Gasteiger partial charge in [-0.3, -0.25) is 5.10 Å². The van der Waals surface area contributed by atoms with Gasteiger partial charge in [0, 0.05) is 0 Å². The highest BCUT2D eigenvalue weighted by atomic mass is 32.1. The fraction of sp³-hybridized carbons (Fsp3) is 0.100. The maximum Gasteiger partial charge on any atom is 0.216 e. The van der Waals surface area contributed by atoms with Crippen molar-refractivity contribution in [3.05, 3.63) is 34.9 Å². The van der Waals surface area contributed by atoms with Gasteiger partial charge in [-0.15, -0.1) is 0 Å². The Balaban J connectivity index is 2.25. The quantitative estimate of drug-likeness (QED) is 0.640. The Morgan fingerprint density at radius 2 is 2.41 bits per heavy atom. The van der Waals surface area contributed by atoms with E-state index < -0.39 is 0 Å². The van der Waals surface area contributed by atoms with Crippen LogP contribution in [0.25, 0.3) is 0 Å². The average molecular weight is 250 g/mol. The normalized spacial score (nSPS) is 10.9. The summed E-state index contributed by atoms with van der Waals surface area (Å²) in [4.78, 5) is 0. The summed E-state index contributed by atoms with van der Waals surface area (Å²) in [5.74, 6) is 0.481. The van der Waals surface area contributed by atoms with Crippen LogP contribution in [0, 0.1) is 4.77 Å². The molecule has 0 unspecified atom stereocenters. The van der Waals surface area contributed by atoms with Crippen LogP contribution in [0.4, 0.5) is 0 Å². The minimum Gasteiger partial charge on any atom is -0.504 e. The van der Waals surface area contributed by atoms with Crippen molar-refractivity contribution < 1.29 is 9.84 Å². The minimum atomic E-state index is 0.0623. The zero-order valence-corrected chi connectivity index (χ0v) is 9.81. The number of rotatable bonds is 3. The zero-order valence-electron chi connectivity index (χ0n) is 8.99. The highest BCUT2D eigenvalue weighted by Gasteiger charge is 2.00. The Morgan fingerprint density at radius 3 is 3.00 bits per heavy atom. The van der Waals surface area contributed by atoms with Gasteiger partial charge in [-0.1, -0.05) is 0 Å². The monoisotopic (exact) mass is 250 g/mol. The van der Waals surface area contributed by atoms with Crippen LogP contribution in [0.5, 0.6) is 11.5 Å². The number of aromatic hydroxyl groups is 1. The standard InChI is InChI=1S/C10H10N4O2S/c1-16-9-3-2-7(4-8(9)15)5-12-14-6-11-13-10(14)17/h2-6,15H,1H3,(H,13,17)/b12-5+. The predicted octanol–water partition coefficient (Wildman–Crippen LogP) is 1.54. The van der Waals surface area contributed by atoms with E-state index in [1.54, 1.807) is 24.4 Å². The van der Waals surface area contributed by atoms with E-state index in [9.17, 15) is 5.11 Å². The second-order valence-corrected chi connectivity index (χ2v) is 3.57. The largest absolute Gasteiger partial charge is 0.504 e. The van der Waals surface area contributed by atoms with Gasteiger partial charge in [-0.2, -0.15) is 14.9 Å². The summed E-state index contributed by atoms with van der Waals surface area (Å²) in [6, 6.07) is 4.98. The summed E-state index contributed by atoms with van der Waals surface area (Å²) in [5.41, 5.74) is 0.728. The van der Waals surface area contributed by atoms with E-state index in [4.69, 9.17) is 17.0 Å². The number of benzene rings is 1. The average Bonchev–Trinajstić information content (AvgIpc) is 2.72. The molecular formula is C10H10N4O2S. The molecule has 2 rings (SSSR count). The van der Waals surface area contributed by atoms with E-state index in [2.05, 4.69) is 15.3 Å². The van der Waals surface area contributed by atoms with E-state index >= 15 is 0 Å². The van der Waals surface area contributed by atoms with Crippen molar-refractivity contribution in [3.63, 3.8) is 0 Å². The smallest absolute Gasteiger partial charge is 0.216 e. The van der Waals surface area contributed by atoms with E-state index in [0.717, 1.165) is 5.56 Å². The molecule has 1 aromatic carbocycles. The molecule has 0 spiro atoms. The summed E-state index contributed by atoms with van der Waals surface area (Å²) in [6.45, 7) is 0. The number of H-pyrrole nitrogens is 1. The first-order valence-electron chi connectivity index (χ1n) is 4.74. The lowest BCUT2D eigenvalue weighted by atomic mass is 10.2. The highest BCUT2D eigenvalue weighted by Crippen LogP contribution is 2.25. The summed E-state index contributed by atoms with van der Waals surface area (Å²) in [6.07, 6.45) is 3.02. The maximum absolute atomic E-state index is 9.57. The molecule has 88 valence electrons. The van der Waals surface area contributed by atoms with Gasteiger partial charge < -0.3 is 9.84 Å². The van der Waals surface area contributed by atoms with Crippen molar-refractivity contribution in [3.8, 4) is 11.5 Å². The van der Waals surface area contributed by atoms with Crippen LogP contribution in [-0.4, -0.2) is 33.3 Å². The first-order chi connectivity index (χ1) is 8.20. The summed E-state index contributed by atoms with van der Waals surface area (Å²) < 4.78 is 6.75. The molecule has 7 heteroatoms. The predicted molar refractivity (Wildman–Crippen MR) is 65.1 cm³/mol. The fourth-order valence-corrected chi connectivity index (χ4v) is 1.39. The Labute approximate surface area is 102 Å². The molecule has 0 aliphatic rings. The van der Waals surface area contributed by atoms with Crippen LogP contribution >= 0.6 is 12.2 Å². The molecule has 1 heterocycles. The molecule has 0 saturated carbocycles. The van der Waals surface area contributed by atoms with Crippen LogP contribution < -0.4 is 4.74 Å². The van der Waals surface area contributed by atoms with Crippen molar-refractivity contribution in [2.24, 2.45) is 5.10 Å². The minimum absolute atomic E-state index is 0.0623. The number of aromatic nitrogens is 3. The van der Waals surface area contributed by atoms with Crippen molar-refractivity contribution in [1.29, 1.82) is 0 Å². The van der Waals surface area contributed by atoms with Gasteiger partial charge in [0.2, 0.25) is 4.77 Å². The third-order valence-corrected chi connectivity index (χ3v) is 2.35. The summed E-state index contributed by atoms with van der Waals surface area (Å²) in [7, 11) is 1.49. The lowest BCUT2D eigenvalue weighted by molar-refractivity contribution is 0.373. The first-order valence-corrected chi connectivity index (χ1v) is 5.15. The molecule has 0 saturated heterocycles. The Hall–Kier alpha value is -2.15. The van der Waals surface area contributed by atoms with Crippen molar-refractivity contribution in [1.82, 2.24) is 14.9 Å². The highest BCUT2D eigenvalue weighted by molar-refractivity contribution is 7.71. The number of nitrogens with zero attached hydrogens (tertiary/aromatic N) is 3. The summed E-state index contributed by atoms with van der Waals surface area (Å²) in [5, 5.41) is 20.0. The van der Waals surface area contributed by atoms with Gasteiger partial charge in [0.05, 0.1) is 13.3 Å². The Morgan fingerprint density at radius 1 is 1.59 bits per heavy atom. The van der Waals surface area contributed by atoms with Gasteiger partial charge in [0.25, 0.3) is 0 Å². The number of phenolic OH excluding ortho intramolecular Hbond substituents is 1. The molecule has 0 bridgehead atoms. The molecule has 0 aliphatic carbocycles. The molecule has 0 fully saturated rings. The number of hydrogen-bond acceptors (Lipinski definition) is 5. The first kappa shape index (κ1) is 11.3. The molecule has 0 amide bonds. The molecule has 0 radical (unpaired) electrons.